The number of aliphatic hydroxyl groups excluding tert-OH is 1. The topological polar surface area (TPSA) is 49.5 Å². The van der Waals surface area contributed by atoms with E-state index in [1.807, 2.05) is 29.2 Å². The van der Waals surface area contributed by atoms with E-state index in [1.165, 1.54) is 18.2 Å². The summed E-state index contributed by atoms with van der Waals surface area (Å²) in [5.74, 6) is 0.895. The van der Waals surface area contributed by atoms with E-state index in [-0.39, 0.29) is 18.0 Å². The molecule has 7 heteroatoms. The maximum absolute atomic E-state index is 13.2. The van der Waals surface area contributed by atoms with E-state index in [2.05, 4.69) is 4.98 Å². The van der Waals surface area contributed by atoms with Crippen LogP contribution in [-0.2, 0) is 6.18 Å². The largest absolute Gasteiger partial charge is 0.440 e. The Bertz CT molecular complexity index is 913. The zero-order valence-electron chi connectivity index (χ0n) is 15.2. The summed E-state index contributed by atoms with van der Waals surface area (Å²) in [7, 11) is 0. The van der Waals surface area contributed by atoms with Crippen LogP contribution in [0.2, 0.25) is 0 Å². The van der Waals surface area contributed by atoms with Crippen LogP contribution in [-0.4, -0.2) is 34.6 Å². The van der Waals surface area contributed by atoms with Crippen LogP contribution in [0.1, 0.15) is 41.9 Å². The predicted octanol–water partition coefficient (Wildman–Crippen LogP) is 4.76. The molecule has 1 fully saturated rings. The first-order chi connectivity index (χ1) is 13.4. The SMILES string of the molecule is O[C@@H](CN1CCC(c2nc3ccccc3o2)CC1)c1ccccc1C(F)(F)F. The van der Waals surface area contributed by atoms with Gasteiger partial charge in [-0.05, 0) is 49.7 Å². The van der Waals surface area contributed by atoms with E-state index in [0.717, 1.165) is 30.0 Å². The molecule has 0 aliphatic carbocycles. The number of piperidine rings is 1. The Balaban J connectivity index is 1.39. The molecule has 1 atom stereocenters. The van der Waals surface area contributed by atoms with E-state index >= 15 is 0 Å². The lowest BCUT2D eigenvalue weighted by atomic mass is 9.95. The molecule has 1 saturated heterocycles. The second-order valence-corrected chi connectivity index (χ2v) is 7.20. The molecule has 3 aromatic rings. The average Bonchev–Trinajstić information content (AvgIpc) is 3.12. The minimum absolute atomic E-state index is 0.0731. The lowest BCUT2D eigenvalue weighted by molar-refractivity contribution is -0.139. The summed E-state index contributed by atoms with van der Waals surface area (Å²) in [6.07, 6.45) is -4.07. The van der Waals surface area contributed by atoms with E-state index < -0.39 is 17.8 Å². The Hall–Kier alpha value is -2.38. The van der Waals surface area contributed by atoms with Gasteiger partial charge in [-0.15, -0.1) is 0 Å². The summed E-state index contributed by atoms with van der Waals surface area (Å²) in [4.78, 5) is 6.55. The van der Waals surface area contributed by atoms with E-state index in [4.69, 9.17) is 4.42 Å². The van der Waals surface area contributed by atoms with E-state index in [1.54, 1.807) is 0 Å². The molecule has 1 N–H and O–H groups in total. The molecule has 0 bridgehead atoms. The number of benzene rings is 2. The van der Waals surface area contributed by atoms with Gasteiger partial charge < -0.3 is 14.4 Å². The Kier molecular flexibility index (Phi) is 5.12. The summed E-state index contributed by atoms with van der Waals surface area (Å²) in [5, 5.41) is 10.4. The second-order valence-electron chi connectivity index (χ2n) is 7.20. The summed E-state index contributed by atoms with van der Waals surface area (Å²) < 4.78 is 45.4. The minimum atomic E-state index is -4.47. The van der Waals surface area contributed by atoms with E-state index in [0.29, 0.717) is 19.0 Å². The number of oxazole rings is 1. The van der Waals surface area contributed by atoms with Gasteiger partial charge in [0.05, 0.1) is 11.7 Å². The monoisotopic (exact) mass is 390 g/mol. The maximum atomic E-state index is 13.2. The second kappa shape index (κ2) is 7.56. The molecule has 148 valence electrons. The molecule has 0 amide bonds. The molecule has 0 saturated carbocycles. The van der Waals surface area contributed by atoms with Crippen LogP contribution in [0.5, 0.6) is 0 Å². The number of hydrogen-bond acceptors (Lipinski definition) is 4. The van der Waals surface area contributed by atoms with Crippen LogP contribution in [0.4, 0.5) is 13.2 Å². The Morgan fingerprint density at radius 2 is 1.75 bits per heavy atom. The number of hydrogen-bond donors (Lipinski definition) is 1. The number of halogens is 3. The fourth-order valence-electron chi connectivity index (χ4n) is 3.82. The van der Waals surface area contributed by atoms with Crippen molar-refractivity contribution in [2.24, 2.45) is 0 Å². The van der Waals surface area contributed by atoms with Crippen molar-refractivity contribution in [3.05, 3.63) is 65.5 Å². The summed E-state index contributed by atoms with van der Waals surface area (Å²) >= 11 is 0. The van der Waals surface area contributed by atoms with Crippen molar-refractivity contribution in [3.63, 3.8) is 0 Å². The average molecular weight is 390 g/mol. The molecule has 28 heavy (non-hydrogen) atoms. The highest BCUT2D eigenvalue weighted by molar-refractivity contribution is 5.72. The Morgan fingerprint density at radius 1 is 1.07 bits per heavy atom. The van der Waals surface area contributed by atoms with Gasteiger partial charge in [-0.25, -0.2) is 4.98 Å². The molecule has 0 radical (unpaired) electrons. The Labute approximate surface area is 160 Å². The molecule has 1 aliphatic rings. The fourth-order valence-corrected chi connectivity index (χ4v) is 3.82. The van der Waals surface area contributed by atoms with Crippen molar-refractivity contribution in [2.45, 2.75) is 31.0 Å². The van der Waals surface area contributed by atoms with Crippen LogP contribution in [0, 0.1) is 0 Å². The van der Waals surface area contributed by atoms with Gasteiger partial charge in [0.15, 0.2) is 11.5 Å². The molecular formula is C21H21F3N2O2. The molecule has 1 aromatic heterocycles. The Morgan fingerprint density at radius 3 is 2.46 bits per heavy atom. The third-order valence-corrected chi connectivity index (χ3v) is 5.30. The summed E-state index contributed by atoms with van der Waals surface area (Å²) in [6, 6.07) is 12.8. The number of β-amino-alcohol motifs (C(OH)–C–C–N with tert-alkyl or cyclic N) is 1. The molecule has 2 heterocycles. The number of likely N-dealkylation sites (tertiary alicyclic amines) is 1. The zero-order chi connectivity index (χ0) is 19.7. The van der Waals surface area contributed by atoms with Gasteiger partial charge in [0.1, 0.15) is 5.52 Å². The molecule has 4 nitrogen and oxygen atoms in total. The zero-order valence-corrected chi connectivity index (χ0v) is 15.2. The van der Waals surface area contributed by atoms with Crippen molar-refractivity contribution in [1.29, 1.82) is 0 Å². The number of fused-ring (bicyclic) bond motifs is 1. The van der Waals surface area contributed by atoms with Crippen LogP contribution in [0.25, 0.3) is 11.1 Å². The first-order valence-corrected chi connectivity index (χ1v) is 9.34. The van der Waals surface area contributed by atoms with Crippen molar-refractivity contribution in [3.8, 4) is 0 Å². The summed E-state index contributed by atoms with van der Waals surface area (Å²) in [6.45, 7) is 1.52. The van der Waals surface area contributed by atoms with E-state index in [9.17, 15) is 18.3 Å². The lowest BCUT2D eigenvalue weighted by Gasteiger charge is -2.32. The first-order valence-electron chi connectivity index (χ1n) is 9.34. The summed E-state index contributed by atoms with van der Waals surface area (Å²) in [5.41, 5.74) is 0.748. The molecule has 0 spiro atoms. The van der Waals surface area contributed by atoms with Crippen molar-refractivity contribution < 1.29 is 22.7 Å². The van der Waals surface area contributed by atoms with Gasteiger partial charge in [-0.3, -0.25) is 0 Å². The third-order valence-electron chi connectivity index (χ3n) is 5.30. The molecular weight excluding hydrogens is 369 g/mol. The van der Waals surface area contributed by atoms with Crippen LogP contribution < -0.4 is 0 Å². The van der Waals surface area contributed by atoms with Gasteiger partial charge in [-0.1, -0.05) is 30.3 Å². The molecule has 0 unspecified atom stereocenters. The number of aliphatic hydroxyl groups is 1. The highest BCUT2D eigenvalue weighted by Crippen LogP contribution is 2.35. The third kappa shape index (κ3) is 3.91. The van der Waals surface area contributed by atoms with Crippen molar-refractivity contribution in [1.82, 2.24) is 9.88 Å². The lowest BCUT2D eigenvalue weighted by Crippen LogP contribution is -2.36. The van der Waals surface area contributed by atoms with Crippen LogP contribution in [0.15, 0.2) is 52.9 Å². The number of aromatic nitrogens is 1. The normalized spacial score (nSPS) is 17.9. The van der Waals surface area contributed by atoms with Gasteiger partial charge in [0, 0.05) is 12.5 Å². The van der Waals surface area contributed by atoms with Crippen molar-refractivity contribution >= 4 is 11.1 Å². The smallest absolute Gasteiger partial charge is 0.416 e. The van der Waals surface area contributed by atoms with Crippen LogP contribution in [0.3, 0.4) is 0 Å². The highest BCUT2D eigenvalue weighted by atomic mass is 19.4. The van der Waals surface area contributed by atoms with Gasteiger partial charge >= 0.3 is 6.18 Å². The highest BCUT2D eigenvalue weighted by Gasteiger charge is 2.35. The maximum Gasteiger partial charge on any atom is 0.416 e. The molecule has 4 rings (SSSR count). The molecule has 2 aromatic carbocycles. The minimum Gasteiger partial charge on any atom is -0.440 e. The standard InChI is InChI=1S/C21H21F3N2O2/c22-21(23,24)16-6-2-1-5-15(16)18(27)13-26-11-9-14(10-12-26)20-25-17-7-3-4-8-19(17)28-20/h1-8,14,18,27H,9-13H2/t18-/m0/s1. The number of nitrogens with zero attached hydrogens (tertiary/aromatic N) is 2. The fraction of sp³-hybridized carbons (Fsp3) is 0.381. The number of rotatable bonds is 4. The van der Waals surface area contributed by atoms with Crippen LogP contribution >= 0.6 is 0 Å². The number of alkyl halides is 3. The van der Waals surface area contributed by atoms with Crippen molar-refractivity contribution in [2.75, 3.05) is 19.6 Å². The first kappa shape index (κ1) is 19.0. The van der Waals surface area contributed by atoms with Gasteiger partial charge in [-0.2, -0.15) is 13.2 Å². The molecule has 1 aliphatic heterocycles. The van der Waals surface area contributed by atoms with Gasteiger partial charge in [0.2, 0.25) is 0 Å². The predicted molar refractivity (Wildman–Crippen MR) is 98.8 cm³/mol. The van der Waals surface area contributed by atoms with Gasteiger partial charge in [0.25, 0.3) is 0 Å². The number of para-hydroxylation sites is 2. The quantitative estimate of drug-likeness (QED) is 0.698.